The lowest BCUT2D eigenvalue weighted by Crippen LogP contribution is -2.33. The van der Waals surface area contributed by atoms with Crippen LogP contribution in [0.25, 0.3) is 0 Å². The zero-order valence-corrected chi connectivity index (χ0v) is 13.1. The second kappa shape index (κ2) is 8.14. The summed E-state index contributed by atoms with van der Waals surface area (Å²) in [6.45, 7) is 0.804. The van der Waals surface area contributed by atoms with E-state index in [2.05, 4.69) is 26.0 Å². The van der Waals surface area contributed by atoms with Crippen molar-refractivity contribution >= 4 is 21.9 Å². The zero-order valence-electron chi connectivity index (χ0n) is 11.5. The van der Waals surface area contributed by atoms with Gasteiger partial charge in [-0.25, -0.2) is 0 Å². The van der Waals surface area contributed by atoms with Crippen molar-refractivity contribution in [3.05, 3.63) is 22.2 Å². The number of nitrogens with one attached hydrogen (secondary N) is 1. The van der Waals surface area contributed by atoms with Gasteiger partial charge in [-0.1, -0.05) is 0 Å². The van der Waals surface area contributed by atoms with Gasteiger partial charge in [0.05, 0.1) is 11.1 Å². The van der Waals surface area contributed by atoms with Crippen LogP contribution in [0.15, 0.2) is 16.6 Å². The lowest BCUT2D eigenvalue weighted by atomic mass is 10.2. The van der Waals surface area contributed by atoms with Gasteiger partial charge in [-0.3, -0.25) is 4.79 Å². The van der Waals surface area contributed by atoms with E-state index in [0.717, 1.165) is 0 Å². The molecular weight excluding hydrogens is 352 g/mol. The minimum Gasteiger partial charge on any atom is -0.490 e. The third-order valence-electron chi connectivity index (χ3n) is 2.56. The number of ether oxygens (including phenoxy) is 2. The van der Waals surface area contributed by atoms with Crippen molar-refractivity contribution in [2.45, 2.75) is 33.0 Å². The first-order chi connectivity index (χ1) is 9.85. The average Bonchev–Trinajstić information content (AvgIpc) is 2.39. The van der Waals surface area contributed by atoms with Crippen molar-refractivity contribution in [1.82, 2.24) is 5.32 Å². The highest BCUT2D eigenvalue weighted by Gasteiger charge is 2.17. The molecule has 0 amide bonds. The van der Waals surface area contributed by atoms with Gasteiger partial charge in [-0.05, 0) is 47.5 Å². The maximum atomic E-state index is 12.4. The Morgan fingerprint density at radius 2 is 2.14 bits per heavy atom. The van der Waals surface area contributed by atoms with Crippen LogP contribution < -0.4 is 14.8 Å². The highest BCUT2D eigenvalue weighted by atomic mass is 79.9. The molecule has 1 aromatic carbocycles. The number of hydrogen-bond acceptors (Lipinski definition) is 4. The molecule has 0 aliphatic rings. The largest absolute Gasteiger partial charge is 0.490 e. The molecule has 0 saturated carbocycles. The smallest absolute Gasteiger partial charge is 0.387 e. The molecule has 0 bridgehead atoms. The van der Waals surface area contributed by atoms with Crippen LogP contribution in [-0.4, -0.2) is 30.3 Å². The van der Waals surface area contributed by atoms with E-state index < -0.39 is 18.6 Å². The van der Waals surface area contributed by atoms with Gasteiger partial charge >= 0.3 is 12.6 Å². The van der Waals surface area contributed by atoms with Crippen molar-refractivity contribution in [1.29, 1.82) is 0 Å². The van der Waals surface area contributed by atoms with Crippen molar-refractivity contribution in [2.75, 3.05) is 6.61 Å². The summed E-state index contributed by atoms with van der Waals surface area (Å²) in [5.74, 6) is -0.884. The second-order valence-electron chi connectivity index (χ2n) is 4.16. The molecule has 0 aromatic heterocycles. The van der Waals surface area contributed by atoms with Gasteiger partial charge < -0.3 is 19.9 Å². The first kappa shape index (κ1) is 17.6. The summed E-state index contributed by atoms with van der Waals surface area (Å²) < 4.78 is 34.8. The third-order valence-corrected chi connectivity index (χ3v) is 3.15. The highest BCUT2D eigenvalue weighted by Crippen LogP contribution is 2.37. The van der Waals surface area contributed by atoms with Crippen LogP contribution in [0.2, 0.25) is 0 Å². The number of rotatable bonds is 8. The van der Waals surface area contributed by atoms with Crippen LogP contribution in [0, 0.1) is 0 Å². The van der Waals surface area contributed by atoms with Crippen LogP contribution in [0.1, 0.15) is 19.4 Å². The van der Waals surface area contributed by atoms with Gasteiger partial charge in [0.15, 0.2) is 11.5 Å². The second-order valence-corrected chi connectivity index (χ2v) is 5.01. The maximum Gasteiger partial charge on any atom is 0.387 e. The number of carbonyl (C=O) groups is 1. The molecule has 1 atom stereocenters. The molecule has 0 aliphatic heterocycles. The lowest BCUT2D eigenvalue weighted by Gasteiger charge is -2.16. The topological polar surface area (TPSA) is 67.8 Å². The first-order valence-electron chi connectivity index (χ1n) is 6.21. The SMILES string of the molecule is CCOc1cc(CNC(C)C(=O)O)cc(Br)c1OC(F)F. The Labute approximate surface area is 129 Å². The minimum atomic E-state index is -2.96. The van der Waals surface area contributed by atoms with Gasteiger partial charge in [-0.2, -0.15) is 8.78 Å². The Bertz CT molecular complexity index is 499. The fourth-order valence-corrected chi connectivity index (χ4v) is 2.13. The number of carboxylic acids is 1. The van der Waals surface area contributed by atoms with Crippen LogP contribution in [0.3, 0.4) is 0 Å². The number of aliphatic carboxylic acids is 1. The number of carboxylic acid groups (broad SMARTS) is 1. The van der Waals surface area contributed by atoms with Gasteiger partial charge in [0.1, 0.15) is 6.04 Å². The Balaban J connectivity index is 2.94. The summed E-state index contributed by atoms with van der Waals surface area (Å²) in [6.07, 6.45) is 0. The van der Waals surface area contributed by atoms with E-state index in [4.69, 9.17) is 9.84 Å². The molecule has 1 rings (SSSR count). The standard InChI is InChI=1S/C13H16BrF2NO4/c1-3-20-10-5-8(6-17-7(2)12(18)19)4-9(14)11(10)21-13(15)16/h4-5,7,13,17H,3,6H2,1-2H3,(H,18,19). The molecule has 0 heterocycles. The summed E-state index contributed by atoms with van der Waals surface area (Å²) in [5.41, 5.74) is 0.681. The molecule has 0 aliphatic carbocycles. The van der Waals surface area contributed by atoms with Gasteiger partial charge in [0.25, 0.3) is 0 Å². The van der Waals surface area contributed by atoms with E-state index in [9.17, 15) is 13.6 Å². The zero-order chi connectivity index (χ0) is 16.0. The van der Waals surface area contributed by atoms with E-state index in [1.165, 1.54) is 13.0 Å². The monoisotopic (exact) mass is 367 g/mol. The molecule has 0 saturated heterocycles. The molecule has 2 N–H and O–H groups in total. The number of alkyl halides is 2. The summed E-state index contributed by atoms with van der Waals surface area (Å²) in [4.78, 5) is 10.7. The van der Waals surface area contributed by atoms with Gasteiger partial charge in [0, 0.05) is 6.54 Å². The van der Waals surface area contributed by atoms with E-state index in [-0.39, 0.29) is 24.7 Å². The molecule has 0 fully saturated rings. The molecule has 0 radical (unpaired) electrons. The Morgan fingerprint density at radius 1 is 1.48 bits per heavy atom. The van der Waals surface area contributed by atoms with E-state index in [1.54, 1.807) is 13.0 Å². The van der Waals surface area contributed by atoms with Gasteiger partial charge in [0.2, 0.25) is 0 Å². The minimum absolute atomic E-state index is 0.0816. The van der Waals surface area contributed by atoms with Crippen molar-refractivity contribution in [2.24, 2.45) is 0 Å². The van der Waals surface area contributed by atoms with Crippen molar-refractivity contribution < 1.29 is 28.2 Å². The quantitative estimate of drug-likeness (QED) is 0.739. The Morgan fingerprint density at radius 3 is 2.67 bits per heavy atom. The molecule has 0 spiro atoms. The van der Waals surface area contributed by atoms with Crippen LogP contribution in [-0.2, 0) is 11.3 Å². The molecule has 1 aromatic rings. The number of benzene rings is 1. The molecular formula is C13H16BrF2NO4. The van der Waals surface area contributed by atoms with Crippen molar-refractivity contribution in [3.8, 4) is 11.5 Å². The third kappa shape index (κ3) is 5.47. The van der Waals surface area contributed by atoms with E-state index in [0.29, 0.717) is 10.0 Å². The van der Waals surface area contributed by atoms with Crippen LogP contribution >= 0.6 is 15.9 Å². The summed E-state index contributed by atoms with van der Waals surface area (Å²) in [5, 5.41) is 11.6. The maximum absolute atomic E-state index is 12.4. The molecule has 21 heavy (non-hydrogen) atoms. The molecule has 1 unspecified atom stereocenters. The normalized spacial score (nSPS) is 12.3. The van der Waals surface area contributed by atoms with Gasteiger partial charge in [-0.15, -0.1) is 0 Å². The van der Waals surface area contributed by atoms with Crippen molar-refractivity contribution in [3.63, 3.8) is 0 Å². The summed E-state index contributed by atoms with van der Waals surface area (Å²) >= 11 is 3.15. The summed E-state index contributed by atoms with van der Waals surface area (Å²) in [7, 11) is 0. The Kier molecular flexibility index (Phi) is 6.83. The molecule has 118 valence electrons. The number of halogens is 3. The average molecular weight is 368 g/mol. The number of hydrogen-bond donors (Lipinski definition) is 2. The molecule has 8 heteroatoms. The predicted octanol–water partition coefficient (Wildman–Crippen LogP) is 3.01. The van der Waals surface area contributed by atoms with E-state index >= 15 is 0 Å². The summed E-state index contributed by atoms with van der Waals surface area (Å²) in [6, 6.07) is 2.38. The molecule has 5 nitrogen and oxygen atoms in total. The highest BCUT2D eigenvalue weighted by molar-refractivity contribution is 9.10. The first-order valence-corrected chi connectivity index (χ1v) is 7.00. The van der Waals surface area contributed by atoms with Crippen LogP contribution in [0.4, 0.5) is 8.78 Å². The fourth-order valence-electron chi connectivity index (χ4n) is 1.55. The lowest BCUT2D eigenvalue weighted by molar-refractivity contribution is -0.139. The predicted molar refractivity (Wildman–Crippen MR) is 75.9 cm³/mol. The Hall–Kier alpha value is -1.41. The van der Waals surface area contributed by atoms with E-state index in [1.807, 2.05) is 0 Å². The van der Waals surface area contributed by atoms with Crippen LogP contribution in [0.5, 0.6) is 11.5 Å². The fraction of sp³-hybridized carbons (Fsp3) is 0.462.